The zero-order valence-electron chi connectivity index (χ0n) is 16.2. The molecule has 1 aromatic carbocycles. The summed E-state index contributed by atoms with van der Waals surface area (Å²) < 4.78 is 5.87. The first-order chi connectivity index (χ1) is 12.2. The van der Waals surface area contributed by atoms with Crippen LogP contribution < -0.4 is 4.74 Å². The maximum absolute atomic E-state index is 5.87. The monoisotopic (exact) mass is 345 g/mol. The summed E-state index contributed by atoms with van der Waals surface area (Å²) in [5, 5.41) is 0. The molecule has 0 aromatic heterocycles. The molecule has 0 atom stereocenters. The van der Waals surface area contributed by atoms with Crippen molar-refractivity contribution in [1.29, 1.82) is 0 Å². The second kappa shape index (κ2) is 9.56. The molecule has 0 spiro atoms. The molecule has 2 aliphatic heterocycles. The molecule has 4 nitrogen and oxygen atoms in total. The Balaban J connectivity index is 1.53. The molecule has 140 valence electrons. The lowest BCUT2D eigenvalue weighted by atomic mass is 10.0. The van der Waals surface area contributed by atoms with Gasteiger partial charge in [0.05, 0.1) is 6.61 Å². The zero-order valence-corrected chi connectivity index (χ0v) is 16.2. The Bertz CT molecular complexity index is 520. The molecule has 3 rings (SSSR count). The van der Waals surface area contributed by atoms with Crippen LogP contribution in [0.2, 0.25) is 0 Å². The highest BCUT2D eigenvalue weighted by Gasteiger charge is 2.16. The topological polar surface area (TPSA) is 19.0 Å². The third-order valence-corrected chi connectivity index (χ3v) is 5.55. The van der Waals surface area contributed by atoms with Gasteiger partial charge in [-0.15, -0.1) is 0 Å². The van der Waals surface area contributed by atoms with Crippen LogP contribution in [0.1, 0.15) is 37.3 Å². The molecule has 0 aliphatic carbocycles. The largest absolute Gasteiger partial charge is 0.494 e. The predicted octanol–water partition coefficient (Wildman–Crippen LogP) is 2.86. The first kappa shape index (κ1) is 18.7. The summed E-state index contributed by atoms with van der Waals surface area (Å²) in [6, 6.07) is 6.86. The smallest absolute Gasteiger partial charge is 0.123 e. The fourth-order valence-electron chi connectivity index (χ4n) is 3.97. The lowest BCUT2D eigenvalue weighted by molar-refractivity contribution is 0.153. The maximum atomic E-state index is 5.87. The van der Waals surface area contributed by atoms with Gasteiger partial charge in [0.2, 0.25) is 0 Å². The van der Waals surface area contributed by atoms with E-state index < -0.39 is 0 Å². The number of likely N-dealkylation sites (tertiary alicyclic amines) is 1. The SMILES string of the molecule is CCOc1ccc(CCCN2CCN(C)CC2)cc1CN1CCCC1. The number of likely N-dealkylation sites (N-methyl/N-ethyl adjacent to an activating group) is 1. The second-order valence-corrected chi connectivity index (χ2v) is 7.61. The summed E-state index contributed by atoms with van der Waals surface area (Å²) >= 11 is 0. The molecule has 1 aromatic rings. The van der Waals surface area contributed by atoms with E-state index in [4.69, 9.17) is 4.74 Å². The number of hydrogen-bond acceptors (Lipinski definition) is 4. The number of aryl methyl sites for hydroxylation is 1. The van der Waals surface area contributed by atoms with Crippen molar-refractivity contribution in [3.05, 3.63) is 29.3 Å². The Labute approximate surface area is 153 Å². The zero-order chi connectivity index (χ0) is 17.5. The van der Waals surface area contributed by atoms with E-state index >= 15 is 0 Å². The van der Waals surface area contributed by atoms with Gasteiger partial charge in [0, 0.05) is 38.3 Å². The van der Waals surface area contributed by atoms with Gasteiger partial charge in [-0.2, -0.15) is 0 Å². The average Bonchev–Trinajstić information content (AvgIpc) is 3.12. The molecule has 0 saturated carbocycles. The van der Waals surface area contributed by atoms with Crippen LogP contribution >= 0.6 is 0 Å². The molecular formula is C21H35N3O. The lowest BCUT2D eigenvalue weighted by Gasteiger charge is -2.32. The molecule has 0 amide bonds. The van der Waals surface area contributed by atoms with Gasteiger partial charge < -0.3 is 14.5 Å². The first-order valence-electron chi connectivity index (χ1n) is 10.1. The molecule has 2 fully saturated rings. The molecule has 0 radical (unpaired) electrons. The van der Waals surface area contributed by atoms with Gasteiger partial charge in [-0.1, -0.05) is 12.1 Å². The minimum Gasteiger partial charge on any atom is -0.494 e. The molecule has 2 heterocycles. The van der Waals surface area contributed by atoms with Crippen LogP contribution in [0.4, 0.5) is 0 Å². The average molecular weight is 346 g/mol. The van der Waals surface area contributed by atoms with E-state index in [1.165, 1.54) is 82.6 Å². The highest BCUT2D eigenvalue weighted by molar-refractivity contribution is 5.37. The van der Waals surface area contributed by atoms with E-state index in [0.717, 1.165) is 18.9 Å². The van der Waals surface area contributed by atoms with Crippen molar-refractivity contribution in [3.8, 4) is 5.75 Å². The molecule has 2 saturated heterocycles. The van der Waals surface area contributed by atoms with E-state index in [1.807, 2.05) is 0 Å². The van der Waals surface area contributed by atoms with Crippen molar-refractivity contribution in [2.24, 2.45) is 0 Å². The highest BCUT2D eigenvalue weighted by Crippen LogP contribution is 2.24. The Hall–Kier alpha value is -1.10. The summed E-state index contributed by atoms with van der Waals surface area (Å²) in [7, 11) is 2.22. The summed E-state index contributed by atoms with van der Waals surface area (Å²) in [6.45, 7) is 12.4. The normalized spacial score (nSPS) is 20.2. The number of nitrogens with zero attached hydrogens (tertiary/aromatic N) is 3. The summed E-state index contributed by atoms with van der Waals surface area (Å²) in [4.78, 5) is 7.60. The quantitative estimate of drug-likeness (QED) is 0.721. The number of hydrogen-bond donors (Lipinski definition) is 0. The van der Waals surface area contributed by atoms with Crippen molar-refractivity contribution in [3.63, 3.8) is 0 Å². The molecule has 25 heavy (non-hydrogen) atoms. The van der Waals surface area contributed by atoms with E-state index in [2.05, 4.69) is 46.9 Å². The third-order valence-electron chi connectivity index (χ3n) is 5.55. The van der Waals surface area contributed by atoms with E-state index in [9.17, 15) is 0 Å². The fourth-order valence-corrected chi connectivity index (χ4v) is 3.97. The first-order valence-corrected chi connectivity index (χ1v) is 10.1. The summed E-state index contributed by atoms with van der Waals surface area (Å²) in [5.41, 5.74) is 2.84. The summed E-state index contributed by atoms with van der Waals surface area (Å²) in [6.07, 6.45) is 5.11. The van der Waals surface area contributed by atoms with Crippen molar-refractivity contribution < 1.29 is 4.74 Å². The van der Waals surface area contributed by atoms with Crippen LogP contribution in [0.3, 0.4) is 0 Å². The number of benzene rings is 1. The number of ether oxygens (including phenoxy) is 1. The van der Waals surface area contributed by atoms with Crippen LogP contribution in [-0.2, 0) is 13.0 Å². The third kappa shape index (κ3) is 5.70. The van der Waals surface area contributed by atoms with Gasteiger partial charge in [-0.05, 0) is 70.9 Å². The van der Waals surface area contributed by atoms with E-state index in [-0.39, 0.29) is 0 Å². The van der Waals surface area contributed by atoms with Gasteiger partial charge in [-0.3, -0.25) is 4.90 Å². The molecule has 0 N–H and O–H groups in total. The Morgan fingerprint density at radius 1 is 0.960 bits per heavy atom. The minimum absolute atomic E-state index is 0.746. The van der Waals surface area contributed by atoms with Crippen molar-refractivity contribution in [2.45, 2.75) is 39.2 Å². The molecule has 4 heteroatoms. The maximum Gasteiger partial charge on any atom is 0.123 e. The molecule has 0 bridgehead atoms. The van der Waals surface area contributed by atoms with Crippen LogP contribution in [0.5, 0.6) is 5.75 Å². The molecule has 2 aliphatic rings. The van der Waals surface area contributed by atoms with Gasteiger partial charge in [0.15, 0.2) is 0 Å². The molecule has 0 unspecified atom stereocenters. The Morgan fingerprint density at radius 2 is 1.72 bits per heavy atom. The van der Waals surface area contributed by atoms with Gasteiger partial charge in [0.25, 0.3) is 0 Å². The standard InChI is InChI=1S/C21H35N3O/c1-3-25-21-9-8-19(17-20(21)18-24-10-4-5-11-24)7-6-12-23-15-13-22(2)14-16-23/h8-9,17H,3-7,10-16,18H2,1-2H3. The second-order valence-electron chi connectivity index (χ2n) is 7.61. The van der Waals surface area contributed by atoms with Crippen molar-refractivity contribution in [2.75, 3.05) is 59.5 Å². The van der Waals surface area contributed by atoms with E-state index in [1.54, 1.807) is 0 Å². The number of piperazine rings is 1. The van der Waals surface area contributed by atoms with Crippen LogP contribution in [0, 0.1) is 0 Å². The van der Waals surface area contributed by atoms with Crippen LogP contribution in [0.25, 0.3) is 0 Å². The number of rotatable bonds is 8. The lowest BCUT2D eigenvalue weighted by Crippen LogP contribution is -2.44. The van der Waals surface area contributed by atoms with Gasteiger partial charge in [-0.25, -0.2) is 0 Å². The van der Waals surface area contributed by atoms with Crippen LogP contribution in [-0.4, -0.2) is 74.2 Å². The summed E-state index contributed by atoms with van der Waals surface area (Å²) in [5.74, 6) is 1.08. The minimum atomic E-state index is 0.746. The van der Waals surface area contributed by atoms with Gasteiger partial charge in [0.1, 0.15) is 5.75 Å². The van der Waals surface area contributed by atoms with Crippen molar-refractivity contribution in [1.82, 2.24) is 14.7 Å². The highest BCUT2D eigenvalue weighted by atomic mass is 16.5. The predicted molar refractivity (Wildman–Crippen MR) is 104 cm³/mol. The van der Waals surface area contributed by atoms with Crippen LogP contribution in [0.15, 0.2) is 18.2 Å². The van der Waals surface area contributed by atoms with E-state index in [0.29, 0.717) is 0 Å². The Kier molecular flexibility index (Phi) is 7.14. The van der Waals surface area contributed by atoms with Gasteiger partial charge >= 0.3 is 0 Å². The fraction of sp³-hybridized carbons (Fsp3) is 0.714. The van der Waals surface area contributed by atoms with Crippen molar-refractivity contribution >= 4 is 0 Å². The molecular weight excluding hydrogens is 310 g/mol. The Morgan fingerprint density at radius 3 is 2.44 bits per heavy atom.